The average Bonchev–Trinajstić information content (AvgIpc) is 2.94. The summed E-state index contributed by atoms with van der Waals surface area (Å²) in [5.74, 6) is 2.29. The second kappa shape index (κ2) is 6.03. The highest BCUT2D eigenvalue weighted by atomic mass is 16.1. The Balaban J connectivity index is 1.74. The van der Waals surface area contributed by atoms with Crippen molar-refractivity contribution in [2.45, 2.75) is 39.0 Å². The maximum absolute atomic E-state index is 12.2. The van der Waals surface area contributed by atoms with E-state index in [0.29, 0.717) is 11.6 Å². The van der Waals surface area contributed by atoms with Gasteiger partial charge in [-0.25, -0.2) is 15.0 Å². The Hall–Kier alpha value is -2.24. The molecule has 2 aromatic heterocycles. The lowest BCUT2D eigenvalue weighted by Gasteiger charge is -2.20. The van der Waals surface area contributed by atoms with E-state index in [2.05, 4.69) is 20.3 Å². The molecule has 21 heavy (non-hydrogen) atoms. The molecular formula is C15H19N5O. The van der Waals surface area contributed by atoms with Gasteiger partial charge >= 0.3 is 0 Å². The van der Waals surface area contributed by atoms with Crippen LogP contribution in [-0.2, 0) is 4.79 Å². The van der Waals surface area contributed by atoms with E-state index in [1.165, 1.54) is 12.7 Å². The van der Waals surface area contributed by atoms with E-state index in [4.69, 9.17) is 0 Å². The van der Waals surface area contributed by atoms with Gasteiger partial charge in [0.2, 0.25) is 5.91 Å². The van der Waals surface area contributed by atoms with Crippen LogP contribution < -0.4 is 5.32 Å². The first-order valence-electron chi connectivity index (χ1n) is 7.37. The minimum atomic E-state index is 0.0710. The van der Waals surface area contributed by atoms with Gasteiger partial charge in [0.1, 0.15) is 23.8 Å². The van der Waals surface area contributed by atoms with E-state index in [1.54, 1.807) is 12.3 Å². The molecule has 1 aliphatic rings. The fraction of sp³-hybridized carbons (Fsp3) is 0.467. The molecule has 1 amide bonds. The molecule has 3 rings (SSSR count). The summed E-state index contributed by atoms with van der Waals surface area (Å²) in [7, 11) is 0. The molecule has 0 saturated heterocycles. The Kier molecular flexibility index (Phi) is 3.94. The molecule has 1 N–H and O–H groups in total. The zero-order chi connectivity index (χ0) is 14.7. The smallest absolute Gasteiger partial charge is 0.228 e. The lowest BCUT2D eigenvalue weighted by atomic mass is 9.89. The molecule has 110 valence electrons. The zero-order valence-electron chi connectivity index (χ0n) is 12.1. The van der Waals surface area contributed by atoms with Gasteiger partial charge in [-0.05, 0) is 19.8 Å². The number of hydrogen-bond donors (Lipinski definition) is 1. The summed E-state index contributed by atoms with van der Waals surface area (Å²) in [4.78, 5) is 24.8. The molecule has 0 aromatic carbocycles. The van der Waals surface area contributed by atoms with Crippen molar-refractivity contribution in [3.05, 3.63) is 30.6 Å². The van der Waals surface area contributed by atoms with E-state index in [0.717, 1.165) is 31.5 Å². The van der Waals surface area contributed by atoms with Gasteiger partial charge in [0.05, 0.1) is 0 Å². The molecule has 0 radical (unpaired) electrons. The number of aromatic nitrogens is 4. The van der Waals surface area contributed by atoms with E-state index >= 15 is 0 Å². The summed E-state index contributed by atoms with van der Waals surface area (Å²) >= 11 is 0. The third kappa shape index (κ3) is 3.09. The van der Waals surface area contributed by atoms with Crippen LogP contribution in [0.1, 0.15) is 37.9 Å². The molecule has 1 saturated carbocycles. The summed E-state index contributed by atoms with van der Waals surface area (Å²) in [5.41, 5.74) is 0. The van der Waals surface area contributed by atoms with E-state index < -0.39 is 0 Å². The second-order valence-corrected chi connectivity index (χ2v) is 5.43. The molecule has 1 aliphatic carbocycles. The summed E-state index contributed by atoms with van der Waals surface area (Å²) in [5, 5.41) is 2.91. The van der Waals surface area contributed by atoms with Crippen LogP contribution in [0.3, 0.4) is 0 Å². The molecule has 6 nitrogen and oxygen atoms in total. The van der Waals surface area contributed by atoms with Gasteiger partial charge in [-0.1, -0.05) is 19.3 Å². The van der Waals surface area contributed by atoms with Crippen molar-refractivity contribution in [1.82, 2.24) is 19.5 Å². The van der Waals surface area contributed by atoms with Gasteiger partial charge in [-0.3, -0.25) is 9.36 Å². The lowest BCUT2D eigenvalue weighted by molar-refractivity contribution is -0.120. The summed E-state index contributed by atoms with van der Waals surface area (Å²) in [6.07, 6.45) is 10.5. The van der Waals surface area contributed by atoms with Gasteiger partial charge in [0.15, 0.2) is 0 Å². The molecule has 2 heterocycles. The third-order valence-corrected chi connectivity index (χ3v) is 3.95. The van der Waals surface area contributed by atoms with Crippen LogP contribution in [0.5, 0.6) is 0 Å². The standard InChI is InChI=1S/C15H19N5O/c1-11-16-7-8-20(11)14-9-13(17-10-18-14)19-15(21)12-5-3-2-4-6-12/h7-10,12H,2-6H2,1H3,(H,17,18,19,21). The van der Waals surface area contributed by atoms with Crippen molar-refractivity contribution in [3.63, 3.8) is 0 Å². The van der Waals surface area contributed by atoms with Crippen molar-refractivity contribution in [2.24, 2.45) is 5.92 Å². The Labute approximate surface area is 123 Å². The van der Waals surface area contributed by atoms with Crippen LogP contribution in [0, 0.1) is 12.8 Å². The minimum Gasteiger partial charge on any atom is -0.310 e. The zero-order valence-corrected chi connectivity index (χ0v) is 12.1. The monoisotopic (exact) mass is 285 g/mol. The van der Waals surface area contributed by atoms with Gasteiger partial charge in [-0.2, -0.15) is 0 Å². The number of aryl methyl sites for hydroxylation is 1. The highest BCUT2D eigenvalue weighted by Gasteiger charge is 2.21. The molecule has 6 heteroatoms. The van der Waals surface area contributed by atoms with Gasteiger partial charge in [0, 0.05) is 24.4 Å². The number of nitrogens with one attached hydrogen (secondary N) is 1. The van der Waals surface area contributed by atoms with E-state index in [-0.39, 0.29) is 11.8 Å². The van der Waals surface area contributed by atoms with E-state index in [1.807, 2.05) is 17.7 Å². The molecular weight excluding hydrogens is 266 g/mol. The summed E-state index contributed by atoms with van der Waals surface area (Å²) < 4.78 is 1.86. The Morgan fingerprint density at radius 1 is 1.24 bits per heavy atom. The Morgan fingerprint density at radius 2 is 2.05 bits per heavy atom. The Morgan fingerprint density at radius 3 is 2.76 bits per heavy atom. The first-order chi connectivity index (χ1) is 10.2. The van der Waals surface area contributed by atoms with Gasteiger partial charge < -0.3 is 5.32 Å². The van der Waals surface area contributed by atoms with Gasteiger partial charge in [0.25, 0.3) is 0 Å². The number of amides is 1. The number of hydrogen-bond acceptors (Lipinski definition) is 4. The number of carbonyl (C=O) groups excluding carboxylic acids is 1. The van der Waals surface area contributed by atoms with Crippen molar-refractivity contribution < 1.29 is 4.79 Å². The van der Waals surface area contributed by atoms with Crippen LogP contribution >= 0.6 is 0 Å². The lowest BCUT2D eigenvalue weighted by Crippen LogP contribution is -2.25. The minimum absolute atomic E-state index is 0.0710. The van der Waals surface area contributed by atoms with Crippen LogP contribution in [0.15, 0.2) is 24.8 Å². The third-order valence-electron chi connectivity index (χ3n) is 3.95. The number of anilines is 1. The Bertz CT molecular complexity index is 630. The topological polar surface area (TPSA) is 72.7 Å². The molecule has 0 unspecified atom stereocenters. The first kappa shape index (κ1) is 13.7. The molecule has 0 bridgehead atoms. The number of carbonyl (C=O) groups is 1. The van der Waals surface area contributed by atoms with E-state index in [9.17, 15) is 4.79 Å². The molecule has 0 atom stereocenters. The molecule has 0 spiro atoms. The van der Waals surface area contributed by atoms with Crippen LogP contribution in [0.2, 0.25) is 0 Å². The normalized spacial score (nSPS) is 15.9. The first-order valence-corrected chi connectivity index (χ1v) is 7.37. The predicted octanol–water partition coefficient (Wildman–Crippen LogP) is 2.49. The summed E-state index contributed by atoms with van der Waals surface area (Å²) in [6.45, 7) is 1.91. The molecule has 0 aliphatic heterocycles. The van der Waals surface area contributed by atoms with Crippen LogP contribution in [-0.4, -0.2) is 25.4 Å². The SMILES string of the molecule is Cc1nccn1-c1cc(NC(=O)C2CCCCC2)ncn1. The highest BCUT2D eigenvalue weighted by Crippen LogP contribution is 2.24. The maximum atomic E-state index is 12.2. The fourth-order valence-corrected chi connectivity index (χ4v) is 2.76. The van der Waals surface area contributed by atoms with Gasteiger partial charge in [-0.15, -0.1) is 0 Å². The number of nitrogens with zero attached hydrogens (tertiary/aromatic N) is 4. The number of imidazole rings is 1. The highest BCUT2D eigenvalue weighted by molar-refractivity contribution is 5.91. The van der Waals surface area contributed by atoms with Crippen molar-refractivity contribution in [2.75, 3.05) is 5.32 Å². The maximum Gasteiger partial charge on any atom is 0.228 e. The van der Waals surface area contributed by atoms with Crippen molar-refractivity contribution in [3.8, 4) is 5.82 Å². The van der Waals surface area contributed by atoms with Crippen LogP contribution in [0.4, 0.5) is 5.82 Å². The molecule has 2 aromatic rings. The molecule has 1 fully saturated rings. The largest absolute Gasteiger partial charge is 0.310 e. The predicted molar refractivity (Wildman–Crippen MR) is 79.1 cm³/mol. The number of rotatable bonds is 3. The van der Waals surface area contributed by atoms with Crippen molar-refractivity contribution in [1.29, 1.82) is 0 Å². The van der Waals surface area contributed by atoms with Crippen molar-refractivity contribution >= 4 is 11.7 Å². The van der Waals surface area contributed by atoms with Crippen LogP contribution in [0.25, 0.3) is 5.82 Å². The fourth-order valence-electron chi connectivity index (χ4n) is 2.76. The quantitative estimate of drug-likeness (QED) is 0.940. The second-order valence-electron chi connectivity index (χ2n) is 5.43. The average molecular weight is 285 g/mol. The summed E-state index contributed by atoms with van der Waals surface area (Å²) in [6, 6.07) is 1.77.